The molecule has 2 heteroatoms. The number of rotatable bonds is 3. The maximum atomic E-state index is 3.44. The Morgan fingerprint density at radius 1 is 0.889 bits per heavy atom. The van der Waals surface area contributed by atoms with Gasteiger partial charge in [-0.3, -0.25) is 0 Å². The molecule has 2 fully saturated rings. The van der Waals surface area contributed by atoms with Gasteiger partial charge in [0.15, 0.2) is 0 Å². The predicted molar refractivity (Wildman–Crippen MR) is 78.9 cm³/mol. The molecule has 2 rings (SSSR count). The summed E-state index contributed by atoms with van der Waals surface area (Å²) in [7, 11) is 4.49. The smallest absolute Gasteiger partial charge is 0.00963 e. The van der Waals surface area contributed by atoms with E-state index in [0.717, 1.165) is 18.1 Å². The van der Waals surface area contributed by atoms with Gasteiger partial charge in [0, 0.05) is 18.1 Å². The third kappa shape index (κ3) is 3.48. The summed E-state index contributed by atoms with van der Waals surface area (Å²) in [5.74, 6) is 0. The molecule has 0 bridgehead atoms. The van der Waals surface area contributed by atoms with Crippen molar-refractivity contribution in [1.82, 2.24) is 10.2 Å². The Labute approximate surface area is 114 Å². The molecule has 0 amide bonds. The highest BCUT2D eigenvalue weighted by Gasteiger charge is 2.32. The first-order chi connectivity index (χ1) is 8.52. The normalized spacial score (nSPS) is 33.8. The average molecular weight is 252 g/mol. The summed E-state index contributed by atoms with van der Waals surface area (Å²) in [4.78, 5) is 2.72. The molecule has 0 aliphatic heterocycles. The molecular formula is C16H32N2. The molecule has 0 saturated heterocycles. The lowest BCUT2D eigenvalue weighted by atomic mass is 9.75. The average Bonchev–Trinajstić information content (AvgIpc) is 2.38. The molecule has 0 atom stereocenters. The molecular weight excluding hydrogens is 220 g/mol. The molecule has 1 N–H and O–H groups in total. The van der Waals surface area contributed by atoms with Gasteiger partial charge in [0.05, 0.1) is 0 Å². The van der Waals surface area contributed by atoms with E-state index in [4.69, 9.17) is 0 Å². The zero-order valence-electron chi connectivity index (χ0n) is 12.8. The van der Waals surface area contributed by atoms with E-state index in [1.807, 2.05) is 0 Å². The van der Waals surface area contributed by atoms with Gasteiger partial charge in [-0.05, 0) is 70.9 Å². The van der Waals surface area contributed by atoms with Crippen LogP contribution < -0.4 is 5.32 Å². The van der Waals surface area contributed by atoms with E-state index in [9.17, 15) is 0 Å². The molecule has 0 unspecified atom stereocenters. The minimum absolute atomic E-state index is 0.598. The summed E-state index contributed by atoms with van der Waals surface area (Å²) >= 11 is 0. The van der Waals surface area contributed by atoms with Crippen molar-refractivity contribution in [1.29, 1.82) is 0 Å². The number of hydrogen-bond acceptors (Lipinski definition) is 2. The second-order valence-electron chi connectivity index (χ2n) is 7.35. The zero-order valence-corrected chi connectivity index (χ0v) is 12.8. The van der Waals surface area contributed by atoms with E-state index >= 15 is 0 Å². The van der Waals surface area contributed by atoms with Crippen molar-refractivity contribution in [2.24, 2.45) is 5.41 Å². The van der Waals surface area contributed by atoms with Crippen molar-refractivity contribution < 1.29 is 0 Å². The lowest BCUT2D eigenvalue weighted by Crippen LogP contribution is -2.46. The summed E-state index contributed by atoms with van der Waals surface area (Å²) < 4.78 is 0. The Morgan fingerprint density at radius 2 is 1.39 bits per heavy atom. The van der Waals surface area contributed by atoms with Crippen LogP contribution in [0.3, 0.4) is 0 Å². The van der Waals surface area contributed by atoms with Crippen LogP contribution >= 0.6 is 0 Å². The SMILES string of the molecule is CNC1CCC(N(C)C2CCC(C)(C)CC2)CC1. The third-order valence-corrected chi connectivity index (χ3v) is 5.57. The molecule has 2 saturated carbocycles. The topological polar surface area (TPSA) is 15.3 Å². The second-order valence-corrected chi connectivity index (χ2v) is 7.35. The van der Waals surface area contributed by atoms with Crippen LogP contribution in [-0.2, 0) is 0 Å². The standard InChI is InChI=1S/C16H32N2/c1-16(2)11-9-15(10-12-16)18(4)14-7-5-13(17-3)6-8-14/h13-15,17H,5-12H2,1-4H3. The van der Waals surface area contributed by atoms with Crippen LogP contribution in [-0.4, -0.2) is 37.1 Å². The molecule has 0 aromatic rings. The number of nitrogens with zero attached hydrogens (tertiary/aromatic N) is 1. The number of hydrogen-bond donors (Lipinski definition) is 1. The van der Waals surface area contributed by atoms with Crippen molar-refractivity contribution in [2.45, 2.75) is 83.3 Å². The Balaban J connectivity index is 1.80. The molecule has 0 aromatic carbocycles. The summed E-state index contributed by atoms with van der Waals surface area (Å²) in [5, 5.41) is 3.44. The second kappa shape index (κ2) is 5.92. The van der Waals surface area contributed by atoms with Crippen LogP contribution in [0.1, 0.15) is 65.2 Å². The van der Waals surface area contributed by atoms with Gasteiger partial charge in [-0.25, -0.2) is 0 Å². The minimum atomic E-state index is 0.598. The molecule has 2 aliphatic rings. The van der Waals surface area contributed by atoms with E-state index in [-0.39, 0.29) is 0 Å². The van der Waals surface area contributed by atoms with Gasteiger partial charge in [-0.1, -0.05) is 13.8 Å². The van der Waals surface area contributed by atoms with E-state index in [1.165, 1.54) is 51.4 Å². The first kappa shape index (κ1) is 14.3. The van der Waals surface area contributed by atoms with E-state index in [1.54, 1.807) is 0 Å². The molecule has 0 heterocycles. The summed E-state index contributed by atoms with van der Waals surface area (Å²) in [6.45, 7) is 4.86. The first-order valence-electron chi connectivity index (χ1n) is 7.91. The van der Waals surface area contributed by atoms with Gasteiger partial charge in [-0.2, -0.15) is 0 Å². The quantitative estimate of drug-likeness (QED) is 0.828. The van der Waals surface area contributed by atoms with Crippen LogP contribution in [0.15, 0.2) is 0 Å². The fraction of sp³-hybridized carbons (Fsp3) is 1.00. The third-order valence-electron chi connectivity index (χ3n) is 5.57. The Bertz CT molecular complexity index is 244. The molecule has 2 nitrogen and oxygen atoms in total. The minimum Gasteiger partial charge on any atom is -0.317 e. The van der Waals surface area contributed by atoms with Gasteiger partial charge in [0.2, 0.25) is 0 Å². The van der Waals surface area contributed by atoms with Crippen LogP contribution in [0.25, 0.3) is 0 Å². The molecule has 0 aromatic heterocycles. The van der Waals surface area contributed by atoms with E-state index in [2.05, 4.69) is 38.2 Å². The van der Waals surface area contributed by atoms with Gasteiger partial charge in [0.25, 0.3) is 0 Å². The van der Waals surface area contributed by atoms with Crippen molar-refractivity contribution in [3.8, 4) is 0 Å². The first-order valence-corrected chi connectivity index (χ1v) is 7.91. The fourth-order valence-corrected chi connectivity index (χ4v) is 3.86. The largest absolute Gasteiger partial charge is 0.317 e. The van der Waals surface area contributed by atoms with Crippen LogP contribution in [0, 0.1) is 5.41 Å². The predicted octanol–water partition coefficient (Wildman–Crippen LogP) is 3.42. The van der Waals surface area contributed by atoms with Crippen LogP contribution in [0.4, 0.5) is 0 Å². The maximum absolute atomic E-state index is 3.44. The molecule has 18 heavy (non-hydrogen) atoms. The summed E-state index contributed by atoms with van der Waals surface area (Å²) in [6, 6.07) is 2.48. The highest BCUT2D eigenvalue weighted by Crippen LogP contribution is 2.38. The fourth-order valence-electron chi connectivity index (χ4n) is 3.86. The lowest BCUT2D eigenvalue weighted by Gasteiger charge is -2.43. The zero-order chi connectivity index (χ0) is 13.2. The van der Waals surface area contributed by atoms with Gasteiger partial charge in [-0.15, -0.1) is 0 Å². The monoisotopic (exact) mass is 252 g/mol. The van der Waals surface area contributed by atoms with Crippen molar-refractivity contribution in [2.75, 3.05) is 14.1 Å². The molecule has 0 radical (unpaired) electrons. The summed E-state index contributed by atoms with van der Waals surface area (Å²) in [5.41, 5.74) is 0.598. The van der Waals surface area contributed by atoms with Crippen LogP contribution in [0.2, 0.25) is 0 Å². The number of nitrogens with one attached hydrogen (secondary N) is 1. The van der Waals surface area contributed by atoms with Gasteiger partial charge < -0.3 is 10.2 Å². The maximum Gasteiger partial charge on any atom is 0.00963 e. The van der Waals surface area contributed by atoms with E-state index < -0.39 is 0 Å². The van der Waals surface area contributed by atoms with E-state index in [0.29, 0.717) is 5.41 Å². The van der Waals surface area contributed by atoms with Crippen molar-refractivity contribution in [3.63, 3.8) is 0 Å². The molecule has 2 aliphatic carbocycles. The van der Waals surface area contributed by atoms with Crippen LogP contribution in [0.5, 0.6) is 0 Å². The van der Waals surface area contributed by atoms with Crippen molar-refractivity contribution >= 4 is 0 Å². The summed E-state index contributed by atoms with van der Waals surface area (Å²) in [6.07, 6.45) is 11.2. The molecule has 106 valence electrons. The Hall–Kier alpha value is -0.0800. The van der Waals surface area contributed by atoms with Gasteiger partial charge in [0.1, 0.15) is 0 Å². The highest BCUT2D eigenvalue weighted by molar-refractivity contribution is 4.88. The van der Waals surface area contributed by atoms with Gasteiger partial charge >= 0.3 is 0 Å². The molecule has 0 spiro atoms. The Kier molecular flexibility index (Phi) is 4.71. The van der Waals surface area contributed by atoms with Crippen molar-refractivity contribution in [3.05, 3.63) is 0 Å². The lowest BCUT2D eigenvalue weighted by molar-refractivity contribution is 0.0740. The Morgan fingerprint density at radius 3 is 1.89 bits per heavy atom. The highest BCUT2D eigenvalue weighted by atomic mass is 15.2.